The molecule has 0 spiro atoms. The Bertz CT molecular complexity index is 538. The van der Waals surface area contributed by atoms with Gasteiger partial charge in [-0.25, -0.2) is 0 Å². The van der Waals surface area contributed by atoms with E-state index in [2.05, 4.69) is 54.0 Å². The van der Waals surface area contributed by atoms with E-state index in [9.17, 15) is 4.79 Å². The van der Waals surface area contributed by atoms with Crippen molar-refractivity contribution in [3.63, 3.8) is 0 Å². The lowest BCUT2D eigenvalue weighted by molar-refractivity contribution is -0.130. The van der Waals surface area contributed by atoms with Gasteiger partial charge in [0.25, 0.3) is 0 Å². The molecule has 0 N–H and O–H groups in total. The Morgan fingerprint density at radius 2 is 1.92 bits per heavy atom. The standard InChI is InChI=1S/C20H30N2O2/c1-20(2)16-22(15-18(20)17-7-4-3-5-8-17)19(23)9-6-10-21-11-13-24-14-12-21/h3-5,7-8,18H,6,9-16H2,1-2H3. The summed E-state index contributed by atoms with van der Waals surface area (Å²) in [6, 6.07) is 10.6. The van der Waals surface area contributed by atoms with Crippen LogP contribution in [-0.2, 0) is 9.53 Å². The topological polar surface area (TPSA) is 32.8 Å². The van der Waals surface area contributed by atoms with Crippen molar-refractivity contribution >= 4 is 5.91 Å². The number of hydrogen-bond acceptors (Lipinski definition) is 3. The molecule has 132 valence electrons. The number of likely N-dealkylation sites (tertiary alicyclic amines) is 1. The molecule has 2 aliphatic heterocycles. The van der Waals surface area contributed by atoms with Gasteiger partial charge < -0.3 is 9.64 Å². The lowest BCUT2D eigenvalue weighted by atomic mass is 9.78. The number of ether oxygens (including phenoxy) is 1. The van der Waals surface area contributed by atoms with Gasteiger partial charge in [0.2, 0.25) is 5.91 Å². The van der Waals surface area contributed by atoms with Crippen molar-refractivity contribution in [2.75, 3.05) is 45.9 Å². The Hall–Kier alpha value is -1.39. The third-order valence-electron chi connectivity index (χ3n) is 5.47. The van der Waals surface area contributed by atoms with Crippen molar-refractivity contribution in [2.24, 2.45) is 5.41 Å². The molecule has 4 heteroatoms. The van der Waals surface area contributed by atoms with Crippen molar-refractivity contribution in [3.8, 4) is 0 Å². The molecule has 0 bridgehead atoms. The lowest BCUT2D eigenvalue weighted by Gasteiger charge is -2.26. The van der Waals surface area contributed by atoms with Crippen LogP contribution >= 0.6 is 0 Å². The smallest absolute Gasteiger partial charge is 0.222 e. The zero-order valence-corrected chi connectivity index (χ0v) is 15.0. The number of rotatable bonds is 5. The first-order chi connectivity index (χ1) is 11.6. The predicted molar refractivity (Wildman–Crippen MR) is 96.0 cm³/mol. The van der Waals surface area contributed by atoms with E-state index in [1.54, 1.807) is 0 Å². The van der Waals surface area contributed by atoms with Crippen LogP contribution in [0.4, 0.5) is 0 Å². The second-order valence-corrected chi connectivity index (χ2v) is 7.78. The van der Waals surface area contributed by atoms with E-state index in [-0.39, 0.29) is 5.41 Å². The number of benzene rings is 1. The summed E-state index contributed by atoms with van der Waals surface area (Å²) >= 11 is 0. The Balaban J connectivity index is 1.51. The van der Waals surface area contributed by atoms with Crippen LogP contribution < -0.4 is 0 Å². The minimum Gasteiger partial charge on any atom is -0.379 e. The highest BCUT2D eigenvalue weighted by molar-refractivity contribution is 5.76. The highest BCUT2D eigenvalue weighted by atomic mass is 16.5. The normalized spacial score (nSPS) is 24.2. The summed E-state index contributed by atoms with van der Waals surface area (Å²) in [5.41, 5.74) is 1.49. The fourth-order valence-electron chi connectivity index (χ4n) is 4.00. The zero-order chi connectivity index (χ0) is 17.0. The molecular weight excluding hydrogens is 300 g/mol. The van der Waals surface area contributed by atoms with Crippen molar-refractivity contribution in [3.05, 3.63) is 35.9 Å². The van der Waals surface area contributed by atoms with Gasteiger partial charge in [0, 0.05) is 38.5 Å². The molecule has 3 rings (SSSR count). The maximum Gasteiger partial charge on any atom is 0.222 e. The Morgan fingerprint density at radius 1 is 1.21 bits per heavy atom. The number of carbonyl (C=O) groups is 1. The van der Waals surface area contributed by atoms with Crippen molar-refractivity contribution in [1.82, 2.24) is 9.80 Å². The molecule has 1 atom stereocenters. The van der Waals surface area contributed by atoms with Crippen molar-refractivity contribution < 1.29 is 9.53 Å². The van der Waals surface area contributed by atoms with Crippen LogP contribution in [0, 0.1) is 5.41 Å². The summed E-state index contributed by atoms with van der Waals surface area (Å²) < 4.78 is 5.37. The summed E-state index contributed by atoms with van der Waals surface area (Å²) in [4.78, 5) is 17.1. The Morgan fingerprint density at radius 3 is 2.62 bits per heavy atom. The molecule has 2 saturated heterocycles. The molecule has 1 aromatic carbocycles. The van der Waals surface area contributed by atoms with Crippen LogP contribution in [0.25, 0.3) is 0 Å². The first-order valence-corrected chi connectivity index (χ1v) is 9.19. The van der Waals surface area contributed by atoms with Crippen LogP contribution in [-0.4, -0.2) is 61.6 Å². The molecule has 0 radical (unpaired) electrons. The van der Waals surface area contributed by atoms with Crippen molar-refractivity contribution in [2.45, 2.75) is 32.6 Å². The maximum absolute atomic E-state index is 12.6. The molecule has 1 unspecified atom stereocenters. The Labute approximate surface area is 145 Å². The van der Waals surface area contributed by atoms with E-state index in [0.29, 0.717) is 18.2 Å². The molecule has 2 aliphatic rings. The fourth-order valence-corrected chi connectivity index (χ4v) is 4.00. The van der Waals surface area contributed by atoms with E-state index in [0.717, 1.165) is 52.4 Å². The van der Waals surface area contributed by atoms with Gasteiger partial charge in [0.1, 0.15) is 0 Å². The molecule has 0 saturated carbocycles. The van der Waals surface area contributed by atoms with Crippen LogP contribution in [0.15, 0.2) is 30.3 Å². The maximum atomic E-state index is 12.6. The molecule has 4 nitrogen and oxygen atoms in total. The first-order valence-electron chi connectivity index (χ1n) is 9.19. The van der Waals surface area contributed by atoms with E-state index in [1.807, 2.05) is 0 Å². The van der Waals surface area contributed by atoms with Gasteiger partial charge in [0.05, 0.1) is 13.2 Å². The van der Waals surface area contributed by atoms with Gasteiger partial charge in [-0.15, -0.1) is 0 Å². The van der Waals surface area contributed by atoms with E-state index in [1.165, 1.54) is 5.56 Å². The number of hydrogen-bond donors (Lipinski definition) is 0. The predicted octanol–water partition coefficient (Wildman–Crippen LogP) is 2.75. The summed E-state index contributed by atoms with van der Waals surface area (Å²) in [6.45, 7) is 10.9. The third kappa shape index (κ3) is 4.17. The van der Waals surface area contributed by atoms with Crippen LogP contribution in [0.1, 0.15) is 38.2 Å². The highest BCUT2D eigenvalue weighted by Crippen LogP contribution is 2.42. The quantitative estimate of drug-likeness (QED) is 0.832. The molecule has 2 heterocycles. The second-order valence-electron chi connectivity index (χ2n) is 7.78. The Kier molecular flexibility index (Phi) is 5.57. The minimum absolute atomic E-state index is 0.140. The van der Waals surface area contributed by atoms with E-state index < -0.39 is 0 Å². The largest absolute Gasteiger partial charge is 0.379 e. The molecule has 0 aliphatic carbocycles. The highest BCUT2D eigenvalue weighted by Gasteiger charge is 2.41. The molecule has 0 aromatic heterocycles. The van der Waals surface area contributed by atoms with Gasteiger partial charge >= 0.3 is 0 Å². The summed E-state index contributed by atoms with van der Waals surface area (Å²) in [7, 11) is 0. The molecule has 2 fully saturated rings. The summed E-state index contributed by atoms with van der Waals surface area (Å²) in [6.07, 6.45) is 1.61. The third-order valence-corrected chi connectivity index (χ3v) is 5.47. The minimum atomic E-state index is 0.140. The molecule has 24 heavy (non-hydrogen) atoms. The summed E-state index contributed by atoms with van der Waals surface area (Å²) in [5, 5.41) is 0. The number of carbonyl (C=O) groups excluding carboxylic acids is 1. The number of morpholine rings is 1. The van der Waals surface area contributed by atoms with Gasteiger partial charge in [-0.05, 0) is 23.9 Å². The monoisotopic (exact) mass is 330 g/mol. The van der Waals surface area contributed by atoms with Gasteiger partial charge in [-0.2, -0.15) is 0 Å². The molecule has 1 amide bonds. The van der Waals surface area contributed by atoms with Gasteiger partial charge in [-0.1, -0.05) is 44.2 Å². The van der Waals surface area contributed by atoms with Crippen LogP contribution in [0.5, 0.6) is 0 Å². The van der Waals surface area contributed by atoms with Crippen molar-refractivity contribution in [1.29, 1.82) is 0 Å². The summed E-state index contributed by atoms with van der Waals surface area (Å²) in [5.74, 6) is 0.747. The van der Waals surface area contributed by atoms with Crippen LogP contribution in [0.3, 0.4) is 0 Å². The van der Waals surface area contributed by atoms with E-state index >= 15 is 0 Å². The average Bonchev–Trinajstić information content (AvgIpc) is 2.92. The molecular formula is C20H30N2O2. The fraction of sp³-hybridized carbons (Fsp3) is 0.650. The lowest BCUT2D eigenvalue weighted by Crippen LogP contribution is -2.37. The molecule has 1 aromatic rings. The van der Waals surface area contributed by atoms with Gasteiger partial charge in [0.15, 0.2) is 0 Å². The number of nitrogens with zero attached hydrogens (tertiary/aromatic N) is 2. The number of amides is 1. The first kappa shape index (κ1) is 17.4. The SMILES string of the molecule is CC1(C)CN(C(=O)CCCN2CCOCC2)CC1c1ccccc1. The zero-order valence-electron chi connectivity index (χ0n) is 15.0. The van der Waals surface area contributed by atoms with E-state index in [4.69, 9.17) is 4.74 Å². The average molecular weight is 330 g/mol. The second kappa shape index (κ2) is 7.66. The van der Waals surface area contributed by atoms with Crippen LogP contribution in [0.2, 0.25) is 0 Å². The van der Waals surface area contributed by atoms with Gasteiger partial charge in [-0.3, -0.25) is 9.69 Å².